The van der Waals surface area contributed by atoms with E-state index in [2.05, 4.69) is 17.0 Å². The van der Waals surface area contributed by atoms with Crippen LogP contribution < -0.4 is 17.0 Å². The molecule has 0 atom stereocenters. The molecule has 20 heavy (non-hydrogen) atoms. The number of anilines is 2. The van der Waals surface area contributed by atoms with E-state index in [0.717, 1.165) is 17.8 Å². The monoisotopic (exact) mass is 295 g/mol. The molecule has 0 saturated carbocycles. The van der Waals surface area contributed by atoms with Crippen LogP contribution in [0.4, 0.5) is 11.5 Å². The second kappa shape index (κ2) is 6.69. The molecule has 4 N–H and O–H groups in total. The summed E-state index contributed by atoms with van der Waals surface area (Å²) in [6.07, 6.45) is 8.28. The summed E-state index contributed by atoms with van der Waals surface area (Å²) >= 11 is 1.41. The molecule has 2 aromatic rings. The minimum Gasteiger partial charge on any atom is -0.391 e. The normalized spacial score (nSPS) is 11.2. The third-order valence-electron chi connectivity index (χ3n) is 3.26. The van der Waals surface area contributed by atoms with Gasteiger partial charge < -0.3 is 11.5 Å². The number of aromatic nitrogens is 3. The molecule has 0 unspecified atom stereocenters. The maximum absolute atomic E-state index is 11.9. The summed E-state index contributed by atoms with van der Waals surface area (Å²) in [7, 11) is 0. The Morgan fingerprint density at radius 3 is 2.60 bits per heavy atom. The van der Waals surface area contributed by atoms with E-state index in [1.807, 2.05) is 0 Å². The maximum Gasteiger partial charge on any atom is 0.300 e. The summed E-state index contributed by atoms with van der Waals surface area (Å²) in [5.74, 6) is 0.0877. The Morgan fingerprint density at radius 1 is 1.15 bits per heavy atom. The number of aryl methyl sites for hydroxylation is 1. The number of hydrogen-bond acceptors (Lipinski definition) is 6. The molecular formula is C13H21N5OS. The second-order valence-electron chi connectivity index (χ2n) is 4.92. The lowest BCUT2D eigenvalue weighted by atomic mass is 10.1. The van der Waals surface area contributed by atoms with Crippen LogP contribution in [0.15, 0.2) is 4.79 Å². The number of nitrogens with zero attached hydrogens (tertiary/aromatic N) is 3. The fourth-order valence-corrected chi connectivity index (χ4v) is 3.00. The van der Waals surface area contributed by atoms with Crippen molar-refractivity contribution in [2.24, 2.45) is 0 Å². The van der Waals surface area contributed by atoms with Gasteiger partial charge in [-0.3, -0.25) is 4.79 Å². The van der Waals surface area contributed by atoms with Crippen molar-refractivity contribution < 1.29 is 0 Å². The van der Waals surface area contributed by atoms with Gasteiger partial charge in [-0.05, 0) is 6.42 Å². The van der Waals surface area contributed by atoms with Crippen LogP contribution in [-0.4, -0.2) is 14.6 Å². The summed E-state index contributed by atoms with van der Waals surface area (Å²) in [6, 6.07) is 0. The Kier molecular flexibility index (Phi) is 4.94. The molecule has 2 rings (SSSR count). The third-order valence-corrected chi connectivity index (χ3v) is 4.23. The predicted molar refractivity (Wildman–Crippen MR) is 83.0 cm³/mol. The van der Waals surface area contributed by atoms with E-state index in [-0.39, 0.29) is 17.1 Å². The zero-order valence-electron chi connectivity index (χ0n) is 11.8. The Morgan fingerprint density at radius 2 is 1.85 bits per heavy atom. The Bertz CT molecular complexity index is 633. The van der Waals surface area contributed by atoms with Crippen LogP contribution in [0.5, 0.6) is 0 Å². The SMILES string of the molecule is CCCCCCCCc1nn2c(=O)c(N)c(N)nc2s1. The summed E-state index contributed by atoms with van der Waals surface area (Å²) in [4.78, 5) is 16.5. The first-order valence-electron chi connectivity index (χ1n) is 7.07. The largest absolute Gasteiger partial charge is 0.391 e. The average molecular weight is 295 g/mol. The molecule has 0 aliphatic carbocycles. The van der Waals surface area contributed by atoms with Crippen LogP contribution >= 0.6 is 11.3 Å². The number of nitrogen functional groups attached to an aromatic ring is 2. The predicted octanol–water partition coefficient (Wildman–Crippen LogP) is 2.22. The van der Waals surface area contributed by atoms with Crippen LogP contribution in [0.1, 0.15) is 50.5 Å². The van der Waals surface area contributed by atoms with Gasteiger partial charge in [0.2, 0.25) is 4.96 Å². The molecule has 0 fully saturated rings. The molecule has 7 heteroatoms. The number of rotatable bonds is 7. The highest BCUT2D eigenvalue weighted by atomic mass is 32.1. The van der Waals surface area contributed by atoms with Crippen molar-refractivity contribution in [1.29, 1.82) is 0 Å². The van der Waals surface area contributed by atoms with Gasteiger partial charge >= 0.3 is 5.56 Å². The van der Waals surface area contributed by atoms with Crippen molar-refractivity contribution in [3.05, 3.63) is 15.4 Å². The van der Waals surface area contributed by atoms with Crippen LogP contribution in [0.3, 0.4) is 0 Å². The fourth-order valence-electron chi connectivity index (χ4n) is 2.07. The first kappa shape index (κ1) is 14.8. The van der Waals surface area contributed by atoms with E-state index in [1.165, 1.54) is 48.0 Å². The van der Waals surface area contributed by atoms with Gasteiger partial charge in [0.1, 0.15) is 10.7 Å². The quantitative estimate of drug-likeness (QED) is 0.763. The van der Waals surface area contributed by atoms with Crippen LogP contribution in [0.2, 0.25) is 0 Å². The molecule has 0 amide bonds. The van der Waals surface area contributed by atoms with E-state index < -0.39 is 0 Å². The first-order valence-corrected chi connectivity index (χ1v) is 7.88. The van der Waals surface area contributed by atoms with Gasteiger partial charge in [0, 0.05) is 6.42 Å². The molecule has 0 aliphatic rings. The number of unbranched alkanes of at least 4 members (excludes halogenated alkanes) is 5. The Balaban J connectivity index is 1.98. The van der Waals surface area contributed by atoms with Gasteiger partial charge in [0.25, 0.3) is 0 Å². The summed E-state index contributed by atoms with van der Waals surface area (Å²) in [5.41, 5.74) is 10.8. The molecule has 0 saturated heterocycles. The smallest absolute Gasteiger partial charge is 0.300 e. The van der Waals surface area contributed by atoms with Crippen molar-refractivity contribution in [3.8, 4) is 0 Å². The standard InChI is InChI=1S/C13H21N5OS/c1-2-3-4-5-6-7-8-9-17-18-12(19)10(14)11(15)16-13(18)20-9/h2-8,14-15H2,1H3. The molecule has 0 radical (unpaired) electrons. The van der Waals surface area contributed by atoms with Gasteiger partial charge in [0.15, 0.2) is 5.82 Å². The Hall–Kier alpha value is -1.63. The molecular weight excluding hydrogens is 274 g/mol. The first-order chi connectivity index (χ1) is 9.63. The molecule has 0 aliphatic heterocycles. The van der Waals surface area contributed by atoms with Gasteiger partial charge in [-0.2, -0.15) is 14.6 Å². The summed E-state index contributed by atoms with van der Waals surface area (Å²) in [5, 5.41) is 5.18. The van der Waals surface area contributed by atoms with E-state index in [9.17, 15) is 4.79 Å². The van der Waals surface area contributed by atoms with Crippen LogP contribution in [0.25, 0.3) is 4.96 Å². The van der Waals surface area contributed by atoms with Crippen LogP contribution in [-0.2, 0) is 6.42 Å². The minimum atomic E-state index is -0.377. The Labute approximate surface area is 121 Å². The van der Waals surface area contributed by atoms with Gasteiger partial charge in [-0.1, -0.05) is 50.4 Å². The van der Waals surface area contributed by atoms with Crippen molar-refractivity contribution >= 4 is 27.8 Å². The molecule has 110 valence electrons. The third kappa shape index (κ3) is 3.27. The summed E-state index contributed by atoms with van der Waals surface area (Å²) < 4.78 is 1.25. The summed E-state index contributed by atoms with van der Waals surface area (Å²) in [6.45, 7) is 2.21. The van der Waals surface area contributed by atoms with E-state index in [4.69, 9.17) is 11.5 Å². The van der Waals surface area contributed by atoms with Gasteiger partial charge in [-0.25, -0.2) is 0 Å². The van der Waals surface area contributed by atoms with E-state index in [1.54, 1.807) is 0 Å². The van der Waals surface area contributed by atoms with Crippen molar-refractivity contribution in [2.75, 3.05) is 11.5 Å². The zero-order valence-corrected chi connectivity index (χ0v) is 12.6. The second-order valence-corrected chi connectivity index (χ2v) is 5.96. The molecule has 2 aromatic heterocycles. The highest BCUT2D eigenvalue weighted by Crippen LogP contribution is 2.17. The highest BCUT2D eigenvalue weighted by Gasteiger charge is 2.11. The number of hydrogen-bond donors (Lipinski definition) is 2. The lowest BCUT2D eigenvalue weighted by Gasteiger charge is -1.98. The minimum absolute atomic E-state index is 0.0288. The van der Waals surface area contributed by atoms with Gasteiger partial charge in [-0.15, -0.1) is 0 Å². The lowest BCUT2D eigenvalue weighted by Crippen LogP contribution is -2.21. The molecule has 2 heterocycles. The van der Waals surface area contributed by atoms with E-state index >= 15 is 0 Å². The van der Waals surface area contributed by atoms with E-state index in [0.29, 0.717) is 4.96 Å². The lowest BCUT2D eigenvalue weighted by molar-refractivity contribution is 0.605. The number of fused-ring (bicyclic) bond motifs is 1. The zero-order chi connectivity index (χ0) is 14.5. The van der Waals surface area contributed by atoms with Crippen molar-refractivity contribution in [2.45, 2.75) is 51.9 Å². The molecule has 0 spiro atoms. The average Bonchev–Trinajstić information content (AvgIpc) is 2.83. The topological polar surface area (TPSA) is 99.3 Å². The molecule has 6 nitrogen and oxygen atoms in total. The van der Waals surface area contributed by atoms with Gasteiger partial charge in [0.05, 0.1) is 0 Å². The molecule has 0 bridgehead atoms. The van der Waals surface area contributed by atoms with Crippen molar-refractivity contribution in [1.82, 2.24) is 14.6 Å². The van der Waals surface area contributed by atoms with Crippen LogP contribution in [0, 0.1) is 0 Å². The number of nitrogens with two attached hydrogens (primary N) is 2. The molecule has 0 aromatic carbocycles. The van der Waals surface area contributed by atoms with Crippen molar-refractivity contribution in [3.63, 3.8) is 0 Å². The highest BCUT2D eigenvalue weighted by molar-refractivity contribution is 7.16. The fraction of sp³-hybridized carbons (Fsp3) is 0.615. The maximum atomic E-state index is 11.9.